The lowest BCUT2D eigenvalue weighted by Gasteiger charge is -2.21. The van der Waals surface area contributed by atoms with Crippen molar-refractivity contribution in [3.05, 3.63) is 53.4 Å². The highest BCUT2D eigenvalue weighted by Crippen LogP contribution is 2.26. The summed E-state index contributed by atoms with van der Waals surface area (Å²) >= 11 is 1.53. The Balaban J connectivity index is 2.21. The molecule has 0 aliphatic heterocycles. The van der Waals surface area contributed by atoms with E-state index in [0.29, 0.717) is 0 Å². The number of hydrogen-bond acceptors (Lipinski definition) is 3. The first-order valence-electron chi connectivity index (χ1n) is 5.98. The fourth-order valence-corrected chi connectivity index (χ4v) is 4.56. The second-order valence-corrected chi connectivity index (χ2v) is 6.96. The van der Waals surface area contributed by atoms with Gasteiger partial charge in [-0.3, -0.25) is 4.21 Å². The maximum atomic E-state index is 12.5. The Bertz CT molecular complexity index is 496. The van der Waals surface area contributed by atoms with Gasteiger partial charge in [-0.05, 0) is 23.4 Å². The van der Waals surface area contributed by atoms with Crippen molar-refractivity contribution in [3.8, 4) is 0 Å². The number of nitrogens with two attached hydrogens (primary N) is 1. The summed E-state index contributed by atoms with van der Waals surface area (Å²) in [5.74, 6) is 0. The van der Waals surface area contributed by atoms with Crippen molar-refractivity contribution in [3.63, 3.8) is 0 Å². The van der Waals surface area contributed by atoms with Gasteiger partial charge in [0.25, 0.3) is 0 Å². The molecule has 2 N–H and O–H groups in total. The molecule has 3 unspecified atom stereocenters. The molecule has 18 heavy (non-hydrogen) atoms. The van der Waals surface area contributed by atoms with Crippen molar-refractivity contribution in [1.29, 1.82) is 0 Å². The normalized spacial score (nSPS) is 16.1. The Morgan fingerprint density at radius 2 is 1.94 bits per heavy atom. The van der Waals surface area contributed by atoms with Gasteiger partial charge in [0.1, 0.15) is 0 Å². The third-order valence-electron chi connectivity index (χ3n) is 2.96. The van der Waals surface area contributed by atoms with E-state index in [4.69, 9.17) is 5.73 Å². The Morgan fingerprint density at radius 3 is 2.50 bits per heavy atom. The first-order valence-corrected chi connectivity index (χ1v) is 8.08. The van der Waals surface area contributed by atoms with Crippen LogP contribution in [0.4, 0.5) is 0 Å². The summed E-state index contributed by atoms with van der Waals surface area (Å²) < 4.78 is 13.4. The second-order valence-electron chi connectivity index (χ2n) is 4.11. The molecule has 2 nitrogen and oxygen atoms in total. The van der Waals surface area contributed by atoms with E-state index in [9.17, 15) is 4.21 Å². The smallest absolute Gasteiger partial charge is 0.0914 e. The van der Waals surface area contributed by atoms with Gasteiger partial charge in [0.2, 0.25) is 0 Å². The zero-order valence-electron chi connectivity index (χ0n) is 10.3. The van der Waals surface area contributed by atoms with Crippen LogP contribution >= 0.6 is 11.3 Å². The predicted molar refractivity (Wildman–Crippen MR) is 78.2 cm³/mol. The Labute approximate surface area is 114 Å². The highest BCUT2D eigenvalue weighted by atomic mass is 32.2. The SMILES string of the molecule is CCC(C(N)c1ccccc1)S(=O)c1cccs1. The quantitative estimate of drug-likeness (QED) is 0.912. The highest BCUT2D eigenvalue weighted by molar-refractivity contribution is 7.88. The molecule has 2 aromatic rings. The zero-order chi connectivity index (χ0) is 13.0. The summed E-state index contributed by atoms with van der Waals surface area (Å²) in [6.07, 6.45) is 0.806. The van der Waals surface area contributed by atoms with E-state index < -0.39 is 10.8 Å². The van der Waals surface area contributed by atoms with Gasteiger partial charge >= 0.3 is 0 Å². The molecular weight excluding hydrogens is 262 g/mol. The van der Waals surface area contributed by atoms with Crippen molar-refractivity contribution >= 4 is 22.1 Å². The molecule has 0 aliphatic carbocycles. The van der Waals surface area contributed by atoms with E-state index in [0.717, 1.165) is 16.2 Å². The molecule has 1 aromatic heterocycles. The fourth-order valence-electron chi connectivity index (χ4n) is 1.96. The minimum Gasteiger partial charge on any atom is -0.323 e. The van der Waals surface area contributed by atoms with Crippen LogP contribution in [0, 0.1) is 0 Å². The van der Waals surface area contributed by atoms with E-state index in [1.165, 1.54) is 11.3 Å². The van der Waals surface area contributed by atoms with E-state index >= 15 is 0 Å². The molecule has 0 radical (unpaired) electrons. The predicted octanol–water partition coefficient (Wildman–Crippen LogP) is 3.33. The number of benzene rings is 1. The summed E-state index contributed by atoms with van der Waals surface area (Å²) in [5.41, 5.74) is 7.32. The van der Waals surface area contributed by atoms with Crippen LogP contribution < -0.4 is 5.73 Å². The summed E-state index contributed by atoms with van der Waals surface area (Å²) in [6, 6.07) is 13.6. The molecule has 1 aromatic carbocycles. The van der Waals surface area contributed by atoms with E-state index in [1.54, 1.807) is 0 Å². The van der Waals surface area contributed by atoms with Crippen LogP contribution in [0.1, 0.15) is 24.9 Å². The van der Waals surface area contributed by atoms with Crippen molar-refractivity contribution in [2.45, 2.75) is 28.8 Å². The summed E-state index contributed by atoms with van der Waals surface area (Å²) in [5, 5.41) is 1.92. The van der Waals surface area contributed by atoms with Gasteiger partial charge in [-0.25, -0.2) is 0 Å². The third-order valence-corrected chi connectivity index (χ3v) is 6.11. The van der Waals surface area contributed by atoms with Crippen LogP contribution in [0.2, 0.25) is 0 Å². The molecule has 0 aliphatic rings. The number of thiophene rings is 1. The monoisotopic (exact) mass is 279 g/mol. The Morgan fingerprint density at radius 1 is 1.22 bits per heavy atom. The number of hydrogen-bond donors (Lipinski definition) is 1. The lowest BCUT2D eigenvalue weighted by atomic mass is 10.0. The molecule has 0 saturated heterocycles. The van der Waals surface area contributed by atoms with Gasteiger partial charge in [-0.1, -0.05) is 43.3 Å². The molecule has 0 amide bonds. The zero-order valence-corrected chi connectivity index (χ0v) is 11.9. The van der Waals surface area contributed by atoms with E-state index in [2.05, 4.69) is 0 Å². The molecule has 1 heterocycles. The lowest BCUT2D eigenvalue weighted by molar-refractivity contribution is 0.613. The van der Waals surface area contributed by atoms with Gasteiger partial charge in [0.05, 0.1) is 20.3 Å². The molecule has 4 heteroatoms. The summed E-state index contributed by atoms with van der Waals surface area (Å²) in [6.45, 7) is 2.04. The maximum Gasteiger partial charge on any atom is 0.0914 e. The van der Waals surface area contributed by atoms with Gasteiger partial charge in [-0.15, -0.1) is 11.3 Å². The Kier molecular flexibility index (Phi) is 4.69. The topological polar surface area (TPSA) is 43.1 Å². The number of rotatable bonds is 5. The highest BCUT2D eigenvalue weighted by Gasteiger charge is 2.25. The van der Waals surface area contributed by atoms with Crippen molar-refractivity contribution in [2.24, 2.45) is 5.73 Å². The van der Waals surface area contributed by atoms with Crippen LogP contribution in [0.3, 0.4) is 0 Å². The molecule has 2 rings (SSSR count). The van der Waals surface area contributed by atoms with Crippen LogP contribution in [-0.4, -0.2) is 9.46 Å². The van der Waals surface area contributed by atoms with Crippen LogP contribution in [-0.2, 0) is 10.8 Å². The lowest BCUT2D eigenvalue weighted by Crippen LogP contribution is -2.29. The van der Waals surface area contributed by atoms with Gasteiger partial charge in [0, 0.05) is 6.04 Å². The van der Waals surface area contributed by atoms with Crippen molar-refractivity contribution in [1.82, 2.24) is 0 Å². The molecule has 0 bridgehead atoms. The first-order chi connectivity index (χ1) is 8.74. The molecule has 3 atom stereocenters. The molecule has 0 saturated carbocycles. The van der Waals surface area contributed by atoms with E-state index in [-0.39, 0.29) is 11.3 Å². The van der Waals surface area contributed by atoms with Crippen LogP contribution in [0.15, 0.2) is 52.1 Å². The molecular formula is C14H17NOS2. The van der Waals surface area contributed by atoms with Crippen molar-refractivity contribution < 1.29 is 4.21 Å². The van der Waals surface area contributed by atoms with Crippen molar-refractivity contribution in [2.75, 3.05) is 0 Å². The Hall–Kier alpha value is -0.970. The van der Waals surface area contributed by atoms with Gasteiger partial charge in [-0.2, -0.15) is 0 Å². The fraction of sp³-hybridized carbons (Fsp3) is 0.286. The summed E-state index contributed by atoms with van der Waals surface area (Å²) in [7, 11) is -1.03. The molecule has 0 spiro atoms. The third kappa shape index (κ3) is 2.88. The molecule has 0 fully saturated rings. The largest absolute Gasteiger partial charge is 0.323 e. The van der Waals surface area contributed by atoms with Crippen LogP contribution in [0.5, 0.6) is 0 Å². The average molecular weight is 279 g/mol. The molecule has 96 valence electrons. The maximum absolute atomic E-state index is 12.5. The second kappa shape index (κ2) is 6.27. The van der Waals surface area contributed by atoms with Gasteiger partial charge in [0.15, 0.2) is 0 Å². The standard InChI is InChI=1S/C14H17NOS2/c1-2-12(18(16)13-9-6-10-17-13)14(15)11-7-4-3-5-8-11/h3-10,12,14H,2,15H2,1H3. The average Bonchev–Trinajstić information content (AvgIpc) is 2.94. The first kappa shape index (κ1) is 13.5. The van der Waals surface area contributed by atoms with Gasteiger partial charge < -0.3 is 5.73 Å². The van der Waals surface area contributed by atoms with E-state index in [1.807, 2.05) is 54.8 Å². The van der Waals surface area contributed by atoms with Crippen LogP contribution in [0.25, 0.3) is 0 Å². The minimum absolute atomic E-state index is 0.0361. The minimum atomic E-state index is -1.03. The summed E-state index contributed by atoms with van der Waals surface area (Å²) in [4.78, 5) is 0.